The number of carbonyl (C=O) groups is 1. The molecule has 37 valence electrons. The fourth-order valence-electron chi connectivity index (χ4n) is 0.0645. The first-order chi connectivity index (χ1) is 2.81. The van der Waals surface area contributed by atoms with Crippen LogP contribution in [0.2, 0.25) is 0 Å². The van der Waals surface area contributed by atoms with E-state index in [1.165, 1.54) is 0 Å². The first-order valence-electron chi connectivity index (χ1n) is 1.65. The van der Waals surface area contributed by atoms with Crippen LogP contribution in [0.25, 0.3) is 0 Å². The Kier molecular flexibility index (Phi) is 10.5. The minimum Gasteiger partial charge on any atom is -0.395 e. The van der Waals surface area contributed by atoms with Gasteiger partial charge in [0.05, 0.1) is 0 Å². The van der Waals surface area contributed by atoms with Crippen LogP contribution in [0.3, 0.4) is 0 Å². The SMILES string of the molecule is CCC(=O)OS.[Na]. The van der Waals surface area contributed by atoms with E-state index in [1.54, 1.807) is 6.92 Å². The molecule has 0 aliphatic heterocycles. The molecule has 0 saturated heterocycles. The van der Waals surface area contributed by atoms with Crippen LogP contribution in [0.15, 0.2) is 0 Å². The summed E-state index contributed by atoms with van der Waals surface area (Å²) in [6, 6.07) is 0. The quantitative estimate of drug-likeness (QED) is 0.315. The molecule has 0 heterocycles. The van der Waals surface area contributed by atoms with Gasteiger partial charge in [-0.1, -0.05) is 6.92 Å². The zero-order chi connectivity index (χ0) is 4.99. The third kappa shape index (κ3) is 6.82. The number of hydrogen-bond acceptors (Lipinski definition) is 3. The molecule has 0 N–H and O–H groups in total. The molecule has 0 aromatic heterocycles. The summed E-state index contributed by atoms with van der Waals surface area (Å²) in [5.41, 5.74) is 0. The summed E-state index contributed by atoms with van der Waals surface area (Å²) < 4.78 is 3.95. The fraction of sp³-hybridized carbons (Fsp3) is 0.667. The normalized spacial score (nSPS) is 6.57. The molecule has 1 radical (unpaired) electrons. The third-order valence-corrected chi connectivity index (χ3v) is 0.594. The second-order valence-corrected chi connectivity index (χ2v) is 0.999. The van der Waals surface area contributed by atoms with Crippen LogP contribution in [0.1, 0.15) is 13.3 Å². The van der Waals surface area contributed by atoms with Crippen molar-refractivity contribution in [1.82, 2.24) is 0 Å². The van der Waals surface area contributed by atoms with Crippen LogP contribution < -0.4 is 0 Å². The van der Waals surface area contributed by atoms with Crippen molar-refractivity contribution in [2.45, 2.75) is 13.3 Å². The summed E-state index contributed by atoms with van der Waals surface area (Å²) in [5.74, 6) is -0.293. The van der Waals surface area contributed by atoms with Gasteiger partial charge in [0.25, 0.3) is 0 Å². The van der Waals surface area contributed by atoms with Crippen molar-refractivity contribution in [3.8, 4) is 0 Å². The van der Waals surface area contributed by atoms with Crippen molar-refractivity contribution in [3.05, 3.63) is 0 Å². The first-order valence-corrected chi connectivity index (χ1v) is 2.02. The number of carbonyl (C=O) groups excluding carboxylic acids is 1. The summed E-state index contributed by atoms with van der Waals surface area (Å²) >= 11 is 3.25. The van der Waals surface area contributed by atoms with Crippen LogP contribution >= 0.6 is 12.9 Å². The Bertz CT molecular complexity index is 50.9. The van der Waals surface area contributed by atoms with E-state index in [4.69, 9.17) is 0 Å². The van der Waals surface area contributed by atoms with Gasteiger partial charge in [-0.3, -0.25) is 4.79 Å². The average Bonchev–Trinajstić information content (AvgIpc) is 1.65. The van der Waals surface area contributed by atoms with Crippen molar-refractivity contribution in [1.29, 1.82) is 0 Å². The zero-order valence-corrected chi connectivity index (χ0v) is 7.37. The van der Waals surface area contributed by atoms with E-state index in [0.29, 0.717) is 6.42 Å². The van der Waals surface area contributed by atoms with Gasteiger partial charge in [0.2, 0.25) is 0 Å². The third-order valence-electron chi connectivity index (χ3n) is 0.390. The summed E-state index contributed by atoms with van der Waals surface area (Å²) in [6.07, 6.45) is 0.392. The number of thiol groups is 1. The molecular weight excluding hydrogens is 123 g/mol. The van der Waals surface area contributed by atoms with Gasteiger partial charge in [-0.2, -0.15) is 0 Å². The van der Waals surface area contributed by atoms with Gasteiger partial charge in [-0.25, -0.2) is 0 Å². The largest absolute Gasteiger partial charge is 0.395 e. The van der Waals surface area contributed by atoms with Crippen molar-refractivity contribution in [3.63, 3.8) is 0 Å². The molecular formula is C3H6NaO2S. The van der Waals surface area contributed by atoms with Gasteiger partial charge in [0, 0.05) is 48.9 Å². The Morgan fingerprint density at radius 1 is 1.86 bits per heavy atom. The Hall–Kier alpha value is 0.820. The van der Waals surface area contributed by atoms with Crippen molar-refractivity contribution in [2.75, 3.05) is 0 Å². The number of rotatable bonds is 1. The second-order valence-electron chi connectivity index (χ2n) is 0.817. The van der Waals surface area contributed by atoms with E-state index >= 15 is 0 Å². The van der Waals surface area contributed by atoms with Gasteiger partial charge in [-0.15, -0.1) is 0 Å². The maximum atomic E-state index is 9.88. The van der Waals surface area contributed by atoms with Crippen LogP contribution in [0.4, 0.5) is 0 Å². The average molecular weight is 129 g/mol. The first kappa shape index (κ1) is 10.7. The predicted molar refractivity (Wildman–Crippen MR) is 31.1 cm³/mol. The molecule has 0 aromatic rings. The van der Waals surface area contributed by atoms with E-state index in [1.807, 2.05) is 0 Å². The molecule has 7 heavy (non-hydrogen) atoms. The Balaban J connectivity index is 0. The van der Waals surface area contributed by atoms with Gasteiger partial charge in [0.1, 0.15) is 0 Å². The Labute approximate surface area is 70.5 Å². The molecule has 0 aromatic carbocycles. The summed E-state index contributed by atoms with van der Waals surface area (Å²) in [7, 11) is 0. The van der Waals surface area contributed by atoms with E-state index in [9.17, 15) is 4.79 Å². The molecule has 0 bridgehead atoms. The second kappa shape index (κ2) is 6.82. The summed E-state index contributed by atoms with van der Waals surface area (Å²) in [5, 5.41) is 0. The molecule has 0 spiro atoms. The monoisotopic (exact) mass is 129 g/mol. The van der Waals surface area contributed by atoms with Gasteiger partial charge in [0.15, 0.2) is 0 Å². The van der Waals surface area contributed by atoms with E-state index in [0.717, 1.165) is 0 Å². The maximum Gasteiger partial charge on any atom is 0.317 e. The maximum absolute atomic E-state index is 9.88. The van der Waals surface area contributed by atoms with E-state index in [2.05, 4.69) is 17.1 Å². The molecule has 0 saturated carbocycles. The molecule has 0 aliphatic rings. The van der Waals surface area contributed by atoms with E-state index in [-0.39, 0.29) is 35.5 Å². The standard InChI is InChI=1S/C3H6O2S.Na/c1-2-3(4)5-6;/h6H,2H2,1H3;. The van der Waals surface area contributed by atoms with Gasteiger partial charge >= 0.3 is 5.97 Å². The molecule has 4 heteroatoms. The minimum absolute atomic E-state index is 0. The Morgan fingerprint density at radius 3 is 2.29 bits per heavy atom. The van der Waals surface area contributed by atoms with E-state index < -0.39 is 0 Å². The molecule has 0 amide bonds. The van der Waals surface area contributed by atoms with Crippen molar-refractivity contribution in [2.24, 2.45) is 0 Å². The van der Waals surface area contributed by atoms with Crippen molar-refractivity contribution < 1.29 is 8.98 Å². The molecule has 0 atom stereocenters. The Morgan fingerprint density at radius 2 is 2.29 bits per heavy atom. The summed E-state index contributed by atoms with van der Waals surface area (Å²) in [4.78, 5) is 9.88. The van der Waals surface area contributed by atoms with Gasteiger partial charge in [-0.05, 0) is 0 Å². The van der Waals surface area contributed by atoms with Crippen LogP contribution in [0, 0.1) is 0 Å². The van der Waals surface area contributed by atoms with Gasteiger partial charge < -0.3 is 4.18 Å². The smallest absolute Gasteiger partial charge is 0.317 e. The zero-order valence-electron chi connectivity index (χ0n) is 4.47. The fourth-order valence-corrected chi connectivity index (χ4v) is 0.194. The van der Waals surface area contributed by atoms with Crippen LogP contribution in [-0.4, -0.2) is 35.5 Å². The molecule has 0 fully saturated rings. The molecule has 0 unspecified atom stereocenters. The molecule has 0 aliphatic carbocycles. The minimum atomic E-state index is -0.293. The molecule has 0 rings (SSSR count). The predicted octanol–water partition coefficient (Wildman–Crippen LogP) is 0.404. The topological polar surface area (TPSA) is 26.3 Å². The van der Waals surface area contributed by atoms with Crippen LogP contribution in [0.5, 0.6) is 0 Å². The summed E-state index contributed by atoms with van der Waals surface area (Å²) in [6.45, 7) is 1.71. The van der Waals surface area contributed by atoms with Crippen molar-refractivity contribution >= 4 is 48.4 Å². The molecule has 2 nitrogen and oxygen atoms in total. The van der Waals surface area contributed by atoms with Crippen LogP contribution in [-0.2, 0) is 8.98 Å². The number of hydrogen-bond donors (Lipinski definition) is 1.